The molecule has 0 aliphatic heterocycles. The Balaban J connectivity index is 2.21. The number of ether oxygens (including phenoxy) is 4. The maximum atomic E-state index is 14.4. The molecule has 0 atom stereocenters. The number of hydrogen-bond donors (Lipinski definition) is 0. The quantitative estimate of drug-likeness (QED) is 0.567. The van der Waals surface area contributed by atoms with Gasteiger partial charge in [-0.15, -0.1) is 0 Å². The molecule has 2 rings (SSSR count). The summed E-state index contributed by atoms with van der Waals surface area (Å²) in [6, 6.07) is 11.9. The summed E-state index contributed by atoms with van der Waals surface area (Å²) in [7, 11) is 4.65. The molecule has 2 aromatic rings. The van der Waals surface area contributed by atoms with Crippen molar-refractivity contribution in [1.82, 2.24) is 0 Å². The van der Waals surface area contributed by atoms with Gasteiger partial charge in [0.05, 0.1) is 14.2 Å². The Bertz CT molecular complexity index is 643. The minimum Gasteiger partial charge on any atom is -0.497 e. The molecule has 0 aliphatic rings. The highest BCUT2D eigenvalue weighted by Crippen LogP contribution is 2.27. The Morgan fingerprint density at radius 2 is 1.52 bits per heavy atom. The number of benzene rings is 2. The van der Waals surface area contributed by atoms with Gasteiger partial charge >= 0.3 is 0 Å². The Morgan fingerprint density at radius 1 is 0.913 bits per heavy atom. The van der Waals surface area contributed by atoms with Crippen molar-refractivity contribution in [2.75, 3.05) is 28.1 Å². The van der Waals surface area contributed by atoms with Crippen LogP contribution in [0, 0.1) is 0 Å². The van der Waals surface area contributed by atoms with Crippen LogP contribution in [0.3, 0.4) is 0 Å². The third-order valence-electron chi connectivity index (χ3n) is 3.14. The van der Waals surface area contributed by atoms with Crippen molar-refractivity contribution < 1.29 is 23.3 Å². The molecule has 2 aromatic carbocycles. The first-order chi connectivity index (χ1) is 11.2. The number of methoxy groups -OCH3 is 3. The second kappa shape index (κ2) is 8.19. The van der Waals surface area contributed by atoms with E-state index in [0.717, 1.165) is 0 Å². The van der Waals surface area contributed by atoms with Crippen molar-refractivity contribution >= 4 is 11.9 Å². The Labute approximate surface area is 135 Å². The highest BCUT2D eigenvalue weighted by Gasteiger charge is 2.05. The summed E-state index contributed by atoms with van der Waals surface area (Å²) in [5, 5.41) is 0. The van der Waals surface area contributed by atoms with Crippen LogP contribution in [0.1, 0.15) is 11.1 Å². The molecule has 0 bridgehead atoms. The molecule has 0 unspecified atom stereocenters. The van der Waals surface area contributed by atoms with Crippen molar-refractivity contribution in [2.45, 2.75) is 0 Å². The van der Waals surface area contributed by atoms with E-state index in [1.54, 1.807) is 63.8 Å². The molecule has 23 heavy (non-hydrogen) atoms. The molecule has 0 heterocycles. The van der Waals surface area contributed by atoms with Crippen LogP contribution in [0.15, 0.2) is 42.5 Å². The molecule has 0 spiro atoms. The van der Waals surface area contributed by atoms with Crippen LogP contribution in [0.25, 0.3) is 11.9 Å². The van der Waals surface area contributed by atoms with E-state index < -0.39 is 0 Å². The topological polar surface area (TPSA) is 36.9 Å². The van der Waals surface area contributed by atoms with Gasteiger partial charge in [-0.2, -0.15) is 0 Å². The summed E-state index contributed by atoms with van der Waals surface area (Å²) in [5.41, 5.74) is 1.11. The lowest BCUT2D eigenvalue weighted by atomic mass is 10.1. The molecule has 0 radical (unpaired) electrons. The van der Waals surface area contributed by atoms with Gasteiger partial charge in [-0.3, -0.25) is 0 Å². The lowest BCUT2D eigenvalue weighted by Crippen LogP contribution is -1.98. The van der Waals surface area contributed by atoms with Crippen LogP contribution in [0.4, 0.5) is 4.39 Å². The molecular weight excluding hydrogens is 299 g/mol. The van der Waals surface area contributed by atoms with E-state index >= 15 is 0 Å². The van der Waals surface area contributed by atoms with E-state index in [1.807, 2.05) is 0 Å². The first-order valence-electron chi connectivity index (χ1n) is 6.98. The van der Waals surface area contributed by atoms with Crippen LogP contribution >= 0.6 is 0 Å². The van der Waals surface area contributed by atoms with Gasteiger partial charge in [-0.05, 0) is 48.0 Å². The summed E-state index contributed by atoms with van der Waals surface area (Å²) in [5.74, 6) is 1.46. The molecule has 0 amide bonds. The average molecular weight is 318 g/mol. The molecule has 5 heteroatoms. The second-order valence-corrected chi connectivity index (χ2v) is 4.71. The van der Waals surface area contributed by atoms with Gasteiger partial charge in [0.1, 0.15) is 23.1 Å². The second-order valence-electron chi connectivity index (χ2n) is 4.71. The van der Waals surface area contributed by atoms with Crippen LogP contribution in [0.5, 0.6) is 17.2 Å². The summed E-state index contributed by atoms with van der Waals surface area (Å²) in [4.78, 5) is 0. The Kier molecular flexibility index (Phi) is 6.00. The minimum atomic E-state index is -0.362. The van der Waals surface area contributed by atoms with Gasteiger partial charge in [0.25, 0.3) is 0 Å². The molecule has 0 aromatic heterocycles. The van der Waals surface area contributed by atoms with Gasteiger partial charge in [-0.25, -0.2) is 4.39 Å². The fourth-order valence-corrected chi connectivity index (χ4v) is 1.98. The SMILES string of the molecule is COCOc1ccc(/C(F)=C/c2cc(OC)cc(OC)c2)cc1. The summed E-state index contributed by atoms with van der Waals surface area (Å²) in [6.45, 7) is 0.154. The van der Waals surface area contributed by atoms with E-state index in [0.29, 0.717) is 28.4 Å². The lowest BCUT2D eigenvalue weighted by molar-refractivity contribution is 0.0511. The highest BCUT2D eigenvalue weighted by atomic mass is 19.1. The lowest BCUT2D eigenvalue weighted by Gasteiger charge is -2.07. The Hall–Kier alpha value is -2.53. The third-order valence-corrected chi connectivity index (χ3v) is 3.14. The van der Waals surface area contributed by atoms with Crippen LogP contribution in [-0.4, -0.2) is 28.1 Å². The number of rotatable bonds is 7. The van der Waals surface area contributed by atoms with Gasteiger partial charge in [-0.1, -0.05) is 0 Å². The first kappa shape index (κ1) is 16.8. The fourth-order valence-electron chi connectivity index (χ4n) is 1.98. The molecule has 0 saturated carbocycles. The third kappa shape index (κ3) is 4.72. The van der Waals surface area contributed by atoms with Gasteiger partial charge in [0.2, 0.25) is 0 Å². The Morgan fingerprint density at radius 3 is 2.04 bits per heavy atom. The normalized spacial score (nSPS) is 11.2. The predicted molar refractivity (Wildman–Crippen MR) is 87.5 cm³/mol. The van der Waals surface area contributed by atoms with Gasteiger partial charge < -0.3 is 18.9 Å². The molecular formula is C18H19FO4. The van der Waals surface area contributed by atoms with Crippen LogP contribution in [0.2, 0.25) is 0 Å². The van der Waals surface area contributed by atoms with E-state index in [4.69, 9.17) is 18.9 Å². The monoisotopic (exact) mass is 318 g/mol. The summed E-state index contributed by atoms with van der Waals surface area (Å²) >= 11 is 0. The average Bonchev–Trinajstić information content (AvgIpc) is 2.59. The standard InChI is InChI=1S/C18H19FO4/c1-20-12-23-15-6-4-14(5-7-15)18(19)10-13-8-16(21-2)11-17(9-13)22-3/h4-11H,12H2,1-3H3/b18-10-. The summed E-state index contributed by atoms with van der Waals surface area (Å²) in [6.07, 6.45) is 1.43. The maximum Gasteiger partial charge on any atom is 0.188 e. The molecule has 0 saturated heterocycles. The van der Waals surface area contributed by atoms with Gasteiger partial charge in [0.15, 0.2) is 6.79 Å². The molecule has 0 fully saturated rings. The first-order valence-corrected chi connectivity index (χ1v) is 6.98. The molecule has 4 nitrogen and oxygen atoms in total. The van der Waals surface area contributed by atoms with E-state index in [1.165, 1.54) is 6.08 Å². The highest BCUT2D eigenvalue weighted by molar-refractivity contribution is 5.77. The van der Waals surface area contributed by atoms with E-state index in [-0.39, 0.29) is 12.6 Å². The van der Waals surface area contributed by atoms with Gasteiger partial charge in [0, 0.05) is 18.7 Å². The zero-order valence-corrected chi connectivity index (χ0v) is 13.3. The van der Waals surface area contributed by atoms with E-state index in [9.17, 15) is 4.39 Å². The minimum absolute atomic E-state index is 0.154. The number of hydrogen-bond acceptors (Lipinski definition) is 4. The van der Waals surface area contributed by atoms with Crippen LogP contribution < -0.4 is 14.2 Å². The van der Waals surface area contributed by atoms with E-state index in [2.05, 4.69) is 0 Å². The molecule has 122 valence electrons. The van der Waals surface area contributed by atoms with Crippen molar-refractivity contribution in [3.8, 4) is 17.2 Å². The predicted octanol–water partition coefficient (Wildman–Crippen LogP) is 4.15. The number of halogens is 1. The molecule has 0 aliphatic carbocycles. The largest absolute Gasteiger partial charge is 0.497 e. The maximum absolute atomic E-state index is 14.4. The zero-order chi connectivity index (χ0) is 16.7. The molecule has 0 N–H and O–H groups in total. The zero-order valence-electron chi connectivity index (χ0n) is 13.3. The van der Waals surface area contributed by atoms with Crippen LogP contribution in [-0.2, 0) is 4.74 Å². The van der Waals surface area contributed by atoms with Crippen molar-refractivity contribution in [3.05, 3.63) is 53.6 Å². The van der Waals surface area contributed by atoms with Crippen molar-refractivity contribution in [1.29, 1.82) is 0 Å². The van der Waals surface area contributed by atoms with Crippen molar-refractivity contribution in [2.24, 2.45) is 0 Å². The summed E-state index contributed by atoms with van der Waals surface area (Å²) < 4.78 is 34.8. The fraction of sp³-hybridized carbons (Fsp3) is 0.222. The van der Waals surface area contributed by atoms with Crippen molar-refractivity contribution in [3.63, 3.8) is 0 Å². The smallest absolute Gasteiger partial charge is 0.188 e.